The van der Waals surface area contributed by atoms with Crippen LogP contribution in [0.15, 0.2) is 5.38 Å². The third-order valence-electron chi connectivity index (χ3n) is 1.69. The fraction of sp³-hybridized carbons (Fsp3) is 0.500. The normalized spacial score (nSPS) is 10.2. The summed E-state index contributed by atoms with van der Waals surface area (Å²) in [5, 5.41) is 7.36. The summed E-state index contributed by atoms with van der Waals surface area (Å²) in [5.41, 5.74) is 0.342. The van der Waals surface area contributed by atoms with E-state index in [1.165, 1.54) is 18.3 Å². The Bertz CT molecular complexity index is 387. The molecule has 0 fully saturated rings. The molecule has 0 atom stereocenters. The zero-order valence-electron chi connectivity index (χ0n) is 9.53. The van der Waals surface area contributed by atoms with Crippen LogP contribution in [0.5, 0.6) is 0 Å². The summed E-state index contributed by atoms with van der Waals surface area (Å²) >= 11 is 1.24. The van der Waals surface area contributed by atoms with Crippen molar-refractivity contribution in [2.45, 2.75) is 20.8 Å². The van der Waals surface area contributed by atoms with Gasteiger partial charge in [0.15, 0.2) is 5.13 Å². The van der Waals surface area contributed by atoms with E-state index < -0.39 is 0 Å². The Balaban J connectivity index is 2.56. The minimum Gasteiger partial charge on any atom is -0.350 e. The van der Waals surface area contributed by atoms with Gasteiger partial charge in [-0.1, -0.05) is 13.8 Å². The smallest absolute Gasteiger partial charge is 0.270 e. The maximum atomic E-state index is 11.6. The first-order valence-electron chi connectivity index (χ1n) is 5.00. The largest absolute Gasteiger partial charge is 0.350 e. The second kappa shape index (κ2) is 5.60. The molecule has 2 amide bonds. The Hall–Kier alpha value is -1.43. The van der Waals surface area contributed by atoms with Gasteiger partial charge >= 0.3 is 0 Å². The summed E-state index contributed by atoms with van der Waals surface area (Å²) in [7, 11) is 0. The van der Waals surface area contributed by atoms with Crippen molar-refractivity contribution < 1.29 is 9.59 Å². The van der Waals surface area contributed by atoms with Crippen LogP contribution in [0.1, 0.15) is 31.3 Å². The van der Waals surface area contributed by atoms with Crippen LogP contribution in [0, 0.1) is 5.92 Å². The molecular formula is C10H15N3O2S. The molecule has 0 spiro atoms. The van der Waals surface area contributed by atoms with Crippen molar-refractivity contribution in [1.82, 2.24) is 10.3 Å². The highest BCUT2D eigenvalue weighted by Crippen LogP contribution is 2.14. The van der Waals surface area contributed by atoms with Gasteiger partial charge in [-0.05, 0) is 5.92 Å². The van der Waals surface area contributed by atoms with Crippen molar-refractivity contribution in [1.29, 1.82) is 0 Å². The molecule has 0 unspecified atom stereocenters. The number of rotatable bonds is 4. The molecule has 0 saturated carbocycles. The molecule has 6 heteroatoms. The minimum absolute atomic E-state index is 0.191. The Morgan fingerprint density at radius 3 is 2.75 bits per heavy atom. The summed E-state index contributed by atoms with van der Waals surface area (Å²) in [6.07, 6.45) is 0. The number of carbonyl (C=O) groups excluding carboxylic acids is 2. The van der Waals surface area contributed by atoms with Crippen LogP contribution >= 0.6 is 11.3 Å². The van der Waals surface area contributed by atoms with E-state index in [0.29, 0.717) is 23.3 Å². The molecule has 1 heterocycles. The molecule has 1 aromatic rings. The summed E-state index contributed by atoms with van der Waals surface area (Å²) in [4.78, 5) is 26.3. The molecule has 0 aliphatic rings. The van der Waals surface area contributed by atoms with Crippen LogP contribution < -0.4 is 10.6 Å². The van der Waals surface area contributed by atoms with E-state index in [9.17, 15) is 9.59 Å². The van der Waals surface area contributed by atoms with Crippen LogP contribution in [0.2, 0.25) is 0 Å². The second-order valence-electron chi connectivity index (χ2n) is 3.82. The predicted molar refractivity (Wildman–Crippen MR) is 63.6 cm³/mol. The zero-order valence-corrected chi connectivity index (χ0v) is 10.4. The molecule has 0 aromatic carbocycles. The molecule has 1 rings (SSSR count). The van der Waals surface area contributed by atoms with E-state index in [0.717, 1.165) is 0 Å². The molecule has 0 radical (unpaired) electrons. The summed E-state index contributed by atoms with van der Waals surface area (Å²) in [6, 6.07) is 0. The highest BCUT2D eigenvalue weighted by Gasteiger charge is 2.11. The maximum Gasteiger partial charge on any atom is 0.270 e. The average molecular weight is 241 g/mol. The van der Waals surface area contributed by atoms with Gasteiger partial charge in [0, 0.05) is 18.8 Å². The quantitative estimate of drug-likeness (QED) is 0.839. The van der Waals surface area contributed by atoms with Crippen LogP contribution in [0.4, 0.5) is 5.13 Å². The highest BCUT2D eigenvalue weighted by molar-refractivity contribution is 7.14. The zero-order chi connectivity index (χ0) is 12.1. The topological polar surface area (TPSA) is 71.1 Å². The number of anilines is 1. The van der Waals surface area contributed by atoms with Crippen molar-refractivity contribution in [3.63, 3.8) is 0 Å². The molecule has 16 heavy (non-hydrogen) atoms. The first-order chi connectivity index (χ1) is 7.49. The molecule has 2 N–H and O–H groups in total. The van der Waals surface area contributed by atoms with Gasteiger partial charge in [0.2, 0.25) is 5.91 Å². The van der Waals surface area contributed by atoms with Crippen LogP contribution in [-0.4, -0.2) is 23.3 Å². The summed E-state index contributed by atoms with van der Waals surface area (Å²) in [5.74, 6) is 0.00226. The summed E-state index contributed by atoms with van der Waals surface area (Å²) in [6.45, 7) is 6.06. The number of nitrogens with one attached hydrogen (secondary N) is 2. The van der Waals surface area contributed by atoms with E-state index in [2.05, 4.69) is 15.6 Å². The lowest BCUT2D eigenvalue weighted by Gasteiger charge is -2.05. The lowest BCUT2D eigenvalue weighted by atomic mass is 10.2. The van der Waals surface area contributed by atoms with Gasteiger partial charge in [-0.3, -0.25) is 9.59 Å². The van der Waals surface area contributed by atoms with Crippen LogP contribution in [0.3, 0.4) is 0 Å². The molecule has 0 saturated heterocycles. The SMILES string of the molecule is CC(=O)Nc1nc(C(=O)NCC(C)C)cs1. The van der Waals surface area contributed by atoms with Crippen molar-refractivity contribution in [3.8, 4) is 0 Å². The number of aromatic nitrogens is 1. The van der Waals surface area contributed by atoms with E-state index >= 15 is 0 Å². The van der Waals surface area contributed by atoms with Crippen molar-refractivity contribution >= 4 is 28.3 Å². The van der Waals surface area contributed by atoms with Crippen LogP contribution in [-0.2, 0) is 4.79 Å². The second-order valence-corrected chi connectivity index (χ2v) is 4.68. The molecule has 88 valence electrons. The van der Waals surface area contributed by atoms with E-state index in [1.807, 2.05) is 13.8 Å². The Labute approximate surface area is 98.3 Å². The molecule has 1 aromatic heterocycles. The molecule has 0 aliphatic carbocycles. The average Bonchev–Trinajstić information content (AvgIpc) is 2.61. The van der Waals surface area contributed by atoms with Gasteiger partial charge < -0.3 is 10.6 Å². The van der Waals surface area contributed by atoms with Crippen LogP contribution in [0.25, 0.3) is 0 Å². The number of carbonyl (C=O) groups is 2. The minimum atomic E-state index is -0.207. The number of hydrogen-bond acceptors (Lipinski definition) is 4. The lowest BCUT2D eigenvalue weighted by molar-refractivity contribution is -0.114. The van der Waals surface area contributed by atoms with Gasteiger partial charge in [0.25, 0.3) is 5.91 Å². The fourth-order valence-corrected chi connectivity index (χ4v) is 1.71. The number of amides is 2. The highest BCUT2D eigenvalue weighted by atomic mass is 32.1. The first kappa shape index (κ1) is 12.6. The van der Waals surface area contributed by atoms with Crippen molar-refractivity contribution in [2.75, 3.05) is 11.9 Å². The maximum absolute atomic E-state index is 11.6. The number of hydrogen-bond donors (Lipinski definition) is 2. The van der Waals surface area contributed by atoms with Gasteiger partial charge in [-0.15, -0.1) is 11.3 Å². The fourth-order valence-electron chi connectivity index (χ4n) is 0.973. The third kappa shape index (κ3) is 3.98. The standard InChI is InChI=1S/C10H15N3O2S/c1-6(2)4-11-9(15)8-5-16-10(13-8)12-7(3)14/h5-6H,4H2,1-3H3,(H,11,15)(H,12,13,14). The van der Waals surface area contributed by atoms with Gasteiger partial charge in [-0.2, -0.15) is 0 Å². The molecule has 5 nitrogen and oxygen atoms in total. The van der Waals surface area contributed by atoms with Gasteiger partial charge in [0.05, 0.1) is 0 Å². The first-order valence-corrected chi connectivity index (χ1v) is 5.88. The molecule has 0 aliphatic heterocycles. The van der Waals surface area contributed by atoms with Gasteiger partial charge in [-0.25, -0.2) is 4.98 Å². The van der Waals surface area contributed by atoms with Crippen molar-refractivity contribution in [2.24, 2.45) is 5.92 Å². The Morgan fingerprint density at radius 1 is 1.50 bits per heavy atom. The monoisotopic (exact) mass is 241 g/mol. The Kier molecular flexibility index (Phi) is 4.42. The van der Waals surface area contributed by atoms with Crippen molar-refractivity contribution in [3.05, 3.63) is 11.1 Å². The Morgan fingerprint density at radius 2 is 2.19 bits per heavy atom. The lowest BCUT2D eigenvalue weighted by Crippen LogP contribution is -2.27. The molecular weight excluding hydrogens is 226 g/mol. The number of nitrogens with zero attached hydrogens (tertiary/aromatic N) is 1. The predicted octanol–water partition coefficient (Wildman–Crippen LogP) is 1.49. The van der Waals surface area contributed by atoms with Gasteiger partial charge in [0.1, 0.15) is 5.69 Å². The number of thiazole rings is 1. The molecule has 0 bridgehead atoms. The third-order valence-corrected chi connectivity index (χ3v) is 2.45. The summed E-state index contributed by atoms with van der Waals surface area (Å²) < 4.78 is 0. The van der Waals surface area contributed by atoms with E-state index in [4.69, 9.17) is 0 Å². The van der Waals surface area contributed by atoms with E-state index in [1.54, 1.807) is 5.38 Å². The van der Waals surface area contributed by atoms with E-state index in [-0.39, 0.29) is 11.8 Å².